The molecule has 0 N–H and O–H groups in total. The zero-order valence-corrected chi connectivity index (χ0v) is 16.4. The van der Waals surface area contributed by atoms with E-state index in [1.807, 2.05) is 35.7 Å². The lowest BCUT2D eigenvalue weighted by atomic mass is 10.2. The second-order valence-corrected chi connectivity index (χ2v) is 7.05. The van der Waals surface area contributed by atoms with Crippen LogP contribution in [0.5, 0.6) is 0 Å². The van der Waals surface area contributed by atoms with Gasteiger partial charge in [-0.2, -0.15) is 5.10 Å². The van der Waals surface area contributed by atoms with Crippen LogP contribution in [-0.4, -0.2) is 66.5 Å². The van der Waals surface area contributed by atoms with E-state index in [1.54, 1.807) is 19.3 Å². The summed E-state index contributed by atoms with van der Waals surface area (Å²) in [4.78, 5) is 19.9. The maximum Gasteiger partial charge on any atom is 0.228 e. The molecule has 3 aromatic rings. The molecular weight excluding hydrogens is 356 g/mol. The third kappa shape index (κ3) is 3.47. The summed E-state index contributed by atoms with van der Waals surface area (Å²) < 4.78 is 4.00. The van der Waals surface area contributed by atoms with Gasteiger partial charge >= 0.3 is 0 Å². The highest BCUT2D eigenvalue weighted by molar-refractivity contribution is 5.73. The molecule has 9 nitrogen and oxygen atoms in total. The molecular formula is C19H24N8O. The number of piperazine rings is 1. The minimum atomic E-state index is 0.113. The van der Waals surface area contributed by atoms with Crippen molar-refractivity contribution in [2.24, 2.45) is 7.05 Å². The van der Waals surface area contributed by atoms with Crippen LogP contribution in [0, 0.1) is 6.92 Å². The van der Waals surface area contributed by atoms with Crippen molar-refractivity contribution in [3.63, 3.8) is 0 Å². The summed E-state index contributed by atoms with van der Waals surface area (Å²) in [7, 11) is 1.95. The van der Waals surface area contributed by atoms with Gasteiger partial charge in [0.1, 0.15) is 0 Å². The van der Waals surface area contributed by atoms with E-state index in [4.69, 9.17) is 0 Å². The molecule has 9 heteroatoms. The number of nitrogens with zero attached hydrogens (tertiary/aromatic N) is 8. The molecule has 1 amide bonds. The number of anilines is 1. The molecule has 1 aliphatic rings. The molecule has 0 radical (unpaired) electrons. The van der Waals surface area contributed by atoms with Gasteiger partial charge < -0.3 is 9.80 Å². The monoisotopic (exact) mass is 380 g/mol. The van der Waals surface area contributed by atoms with Crippen molar-refractivity contribution in [2.45, 2.75) is 20.4 Å². The molecule has 3 aromatic heterocycles. The minimum Gasteiger partial charge on any atom is -0.339 e. The zero-order valence-electron chi connectivity index (χ0n) is 16.4. The Hall–Kier alpha value is -3.23. The summed E-state index contributed by atoms with van der Waals surface area (Å²) in [6.45, 7) is 7.05. The molecule has 4 rings (SSSR count). The van der Waals surface area contributed by atoms with E-state index in [0.717, 1.165) is 41.8 Å². The molecule has 0 spiro atoms. The molecule has 0 saturated carbocycles. The van der Waals surface area contributed by atoms with Crippen molar-refractivity contribution < 1.29 is 4.79 Å². The Morgan fingerprint density at radius 2 is 1.96 bits per heavy atom. The van der Waals surface area contributed by atoms with Crippen LogP contribution < -0.4 is 4.90 Å². The number of carbonyl (C=O) groups is 1. The predicted octanol–water partition coefficient (Wildman–Crippen LogP) is 1.10. The summed E-state index contributed by atoms with van der Waals surface area (Å²) in [5.41, 5.74) is 2.97. The van der Waals surface area contributed by atoms with Gasteiger partial charge in [-0.3, -0.25) is 19.0 Å². The van der Waals surface area contributed by atoms with Crippen LogP contribution in [0.4, 0.5) is 5.95 Å². The molecule has 28 heavy (non-hydrogen) atoms. The van der Waals surface area contributed by atoms with Crippen LogP contribution in [0.25, 0.3) is 11.4 Å². The Bertz CT molecular complexity index is 969. The fourth-order valence-corrected chi connectivity index (χ4v) is 3.58. The van der Waals surface area contributed by atoms with Gasteiger partial charge in [0.25, 0.3) is 0 Å². The van der Waals surface area contributed by atoms with Crippen LogP contribution >= 0.6 is 0 Å². The largest absolute Gasteiger partial charge is 0.339 e. The molecule has 1 fully saturated rings. The zero-order chi connectivity index (χ0) is 19.7. The molecule has 0 bridgehead atoms. The van der Waals surface area contributed by atoms with Crippen molar-refractivity contribution in [1.29, 1.82) is 0 Å². The lowest BCUT2D eigenvalue weighted by Crippen LogP contribution is -2.48. The molecule has 0 aliphatic carbocycles. The predicted molar refractivity (Wildman–Crippen MR) is 105 cm³/mol. The summed E-state index contributed by atoms with van der Waals surface area (Å²) in [5.74, 6) is 1.69. The molecule has 1 aliphatic heterocycles. The second-order valence-electron chi connectivity index (χ2n) is 7.05. The first kappa shape index (κ1) is 18.1. The quantitative estimate of drug-likeness (QED) is 0.674. The Morgan fingerprint density at radius 3 is 2.57 bits per heavy atom. The Morgan fingerprint density at radius 1 is 1.18 bits per heavy atom. The van der Waals surface area contributed by atoms with Gasteiger partial charge in [-0.25, -0.2) is 0 Å². The first-order valence-electron chi connectivity index (χ1n) is 9.36. The van der Waals surface area contributed by atoms with E-state index < -0.39 is 0 Å². The van der Waals surface area contributed by atoms with Crippen LogP contribution in [0.3, 0.4) is 0 Å². The highest BCUT2D eigenvalue weighted by Gasteiger charge is 2.25. The average molecular weight is 380 g/mol. The fourth-order valence-electron chi connectivity index (χ4n) is 3.58. The average Bonchev–Trinajstić information content (AvgIpc) is 3.25. The number of hydrogen-bond donors (Lipinski definition) is 0. The Balaban J connectivity index is 1.69. The minimum absolute atomic E-state index is 0.113. The Kier molecular flexibility index (Phi) is 4.81. The number of pyridine rings is 1. The smallest absolute Gasteiger partial charge is 0.228 e. The maximum absolute atomic E-state index is 11.6. The summed E-state index contributed by atoms with van der Waals surface area (Å²) in [6, 6.07) is 5.96. The van der Waals surface area contributed by atoms with E-state index in [-0.39, 0.29) is 5.91 Å². The molecule has 1 saturated heterocycles. The van der Waals surface area contributed by atoms with Gasteiger partial charge in [-0.15, -0.1) is 10.2 Å². The summed E-state index contributed by atoms with van der Waals surface area (Å²) in [5, 5.41) is 13.4. The van der Waals surface area contributed by atoms with E-state index in [9.17, 15) is 4.79 Å². The van der Waals surface area contributed by atoms with Crippen LogP contribution in [-0.2, 0) is 18.4 Å². The summed E-state index contributed by atoms with van der Waals surface area (Å²) in [6.07, 6.45) is 3.54. The molecule has 0 aromatic carbocycles. The highest BCUT2D eigenvalue weighted by Crippen LogP contribution is 2.24. The van der Waals surface area contributed by atoms with Crippen LogP contribution in [0.15, 0.2) is 30.6 Å². The lowest BCUT2D eigenvalue weighted by molar-refractivity contribution is -0.129. The second kappa shape index (κ2) is 7.41. The van der Waals surface area contributed by atoms with Gasteiger partial charge in [-0.1, -0.05) is 0 Å². The number of aromatic nitrogens is 6. The van der Waals surface area contributed by atoms with Crippen LogP contribution in [0.2, 0.25) is 0 Å². The third-order valence-corrected chi connectivity index (χ3v) is 5.08. The number of aryl methyl sites for hydroxylation is 2. The number of rotatable bonds is 4. The normalized spacial score (nSPS) is 14.5. The van der Waals surface area contributed by atoms with Gasteiger partial charge in [0.05, 0.1) is 17.9 Å². The van der Waals surface area contributed by atoms with Gasteiger partial charge in [0, 0.05) is 58.1 Å². The lowest BCUT2D eigenvalue weighted by Gasteiger charge is -2.34. The van der Waals surface area contributed by atoms with Gasteiger partial charge in [-0.05, 0) is 25.1 Å². The molecule has 0 atom stereocenters. The molecule has 4 heterocycles. The molecule has 0 unspecified atom stereocenters. The van der Waals surface area contributed by atoms with E-state index in [2.05, 4.69) is 35.8 Å². The standard InChI is InChI=1S/C19H24N8O/c1-14-11-17(24(3)23-14)13-27-18(16-5-4-6-20-12-16)21-22-19(27)26-9-7-25(8-10-26)15(2)28/h4-6,11-12H,7-10,13H2,1-3H3. The Labute approximate surface area is 163 Å². The maximum atomic E-state index is 11.6. The topological polar surface area (TPSA) is 85.0 Å². The number of hydrogen-bond acceptors (Lipinski definition) is 6. The molecule has 146 valence electrons. The highest BCUT2D eigenvalue weighted by atomic mass is 16.2. The number of amides is 1. The summed E-state index contributed by atoms with van der Waals surface area (Å²) >= 11 is 0. The first-order chi connectivity index (χ1) is 13.5. The van der Waals surface area contributed by atoms with Crippen molar-refractivity contribution in [2.75, 3.05) is 31.1 Å². The van der Waals surface area contributed by atoms with Gasteiger partial charge in [0.15, 0.2) is 5.82 Å². The first-order valence-corrected chi connectivity index (χ1v) is 9.36. The van der Waals surface area contributed by atoms with Crippen molar-refractivity contribution in [3.8, 4) is 11.4 Å². The number of carbonyl (C=O) groups excluding carboxylic acids is 1. The van der Waals surface area contributed by atoms with Crippen molar-refractivity contribution in [3.05, 3.63) is 42.0 Å². The van der Waals surface area contributed by atoms with E-state index in [1.165, 1.54) is 0 Å². The SMILES string of the molecule is CC(=O)N1CCN(c2nnc(-c3cccnc3)n2Cc2cc(C)nn2C)CC1. The third-order valence-electron chi connectivity index (χ3n) is 5.08. The van der Waals surface area contributed by atoms with Crippen molar-refractivity contribution >= 4 is 11.9 Å². The van der Waals surface area contributed by atoms with Crippen molar-refractivity contribution in [1.82, 2.24) is 34.4 Å². The van der Waals surface area contributed by atoms with E-state index in [0.29, 0.717) is 19.6 Å². The van der Waals surface area contributed by atoms with E-state index >= 15 is 0 Å². The van der Waals surface area contributed by atoms with Gasteiger partial charge in [0.2, 0.25) is 11.9 Å². The fraction of sp³-hybridized carbons (Fsp3) is 0.421. The van der Waals surface area contributed by atoms with Crippen LogP contribution in [0.1, 0.15) is 18.3 Å².